The molecule has 0 bridgehead atoms. The summed E-state index contributed by atoms with van der Waals surface area (Å²) < 4.78 is 0. The first-order chi connectivity index (χ1) is 9.67. The molecule has 0 amide bonds. The highest BCUT2D eigenvalue weighted by Crippen LogP contribution is 2.29. The second-order valence-corrected chi connectivity index (χ2v) is 5.74. The zero-order valence-electron chi connectivity index (χ0n) is 11.2. The molecule has 0 radical (unpaired) electrons. The Kier molecular flexibility index (Phi) is 3.96. The lowest BCUT2D eigenvalue weighted by molar-refractivity contribution is 0.571. The van der Waals surface area contributed by atoms with E-state index in [1.54, 1.807) is 0 Å². The number of nitrogens with zero attached hydrogens (tertiary/aromatic N) is 3. The average Bonchev–Trinajstić information content (AvgIpc) is 2.86. The van der Waals surface area contributed by atoms with Crippen molar-refractivity contribution >= 4 is 39.9 Å². The number of benzene rings is 1. The van der Waals surface area contributed by atoms with Gasteiger partial charge < -0.3 is 10.2 Å². The quantitative estimate of drug-likeness (QED) is 0.884. The molecule has 1 fully saturated rings. The molecule has 1 aliphatic rings. The predicted molar refractivity (Wildman–Crippen MR) is 83.9 cm³/mol. The molecule has 3 rings (SSSR count). The van der Waals surface area contributed by atoms with Crippen LogP contribution in [0.15, 0.2) is 18.2 Å². The highest BCUT2D eigenvalue weighted by atomic mass is 35.5. The number of halogens is 2. The molecular formula is C14H16Cl2N4. The molecule has 0 spiro atoms. The van der Waals surface area contributed by atoms with Crippen LogP contribution < -0.4 is 10.2 Å². The molecular weight excluding hydrogens is 295 g/mol. The zero-order chi connectivity index (χ0) is 14.1. The van der Waals surface area contributed by atoms with Gasteiger partial charge in [-0.05, 0) is 42.8 Å². The fraction of sp³-hybridized carbons (Fsp3) is 0.429. The first-order valence-corrected chi connectivity index (χ1v) is 7.54. The second kappa shape index (κ2) is 5.72. The maximum Gasteiger partial charge on any atom is 0.224 e. The first kappa shape index (κ1) is 13.9. The van der Waals surface area contributed by atoms with Crippen molar-refractivity contribution in [2.45, 2.75) is 19.4 Å². The van der Waals surface area contributed by atoms with E-state index in [-0.39, 0.29) is 5.28 Å². The predicted octanol–water partition coefficient (Wildman–Crippen LogP) is 3.12. The van der Waals surface area contributed by atoms with E-state index in [1.165, 1.54) is 0 Å². The summed E-state index contributed by atoms with van der Waals surface area (Å²) in [4.78, 5) is 10.9. The van der Waals surface area contributed by atoms with Crippen LogP contribution in [0.3, 0.4) is 0 Å². The molecule has 6 heteroatoms. The molecule has 1 saturated heterocycles. The monoisotopic (exact) mass is 310 g/mol. The third kappa shape index (κ3) is 2.68. The molecule has 2 aromatic rings. The summed E-state index contributed by atoms with van der Waals surface area (Å²) in [5.74, 6) is 0.900. The maximum absolute atomic E-state index is 6.04. The summed E-state index contributed by atoms with van der Waals surface area (Å²) in [7, 11) is 0. The van der Waals surface area contributed by atoms with Crippen LogP contribution in [0.4, 0.5) is 5.82 Å². The largest absolute Gasteiger partial charge is 0.354 e. The van der Waals surface area contributed by atoms with Crippen molar-refractivity contribution in [1.29, 1.82) is 0 Å². The molecule has 1 N–H and O–H groups in total. The van der Waals surface area contributed by atoms with E-state index in [4.69, 9.17) is 23.2 Å². The minimum atomic E-state index is 0.265. The number of rotatable bonds is 3. The van der Waals surface area contributed by atoms with E-state index in [0.29, 0.717) is 11.1 Å². The van der Waals surface area contributed by atoms with Crippen molar-refractivity contribution in [2.75, 3.05) is 24.5 Å². The van der Waals surface area contributed by atoms with Gasteiger partial charge in [-0.3, -0.25) is 0 Å². The molecule has 0 aliphatic carbocycles. The molecule has 2 heterocycles. The molecule has 4 nitrogen and oxygen atoms in total. The van der Waals surface area contributed by atoms with Gasteiger partial charge in [0, 0.05) is 29.5 Å². The number of nitrogens with one attached hydrogen (secondary N) is 1. The van der Waals surface area contributed by atoms with Gasteiger partial charge in [0.05, 0.1) is 5.52 Å². The van der Waals surface area contributed by atoms with E-state index in [2.05, 4.69) is 27.1 Å². The minimum absolute atomic E-state index is 0.265. The summed E-state index contributed by atoms with van der Waals surface area (Å²) in [6.45, 7) is 5.03. The topological polar surface area (TPSA) is 41.0 Å². The van der Waals surface area contributed by atoms with Crippen molar-refractivity contribution in [3.63, 3.8) is 0 Å². The van der Waals surface area contributed by atoms with Gasteiger partial charge in [0.15, 0.2) is 0 Å². The number of aromatic nitrogens is 2. The highest BCUT2D eigenvalue weighted by Gasteiger charge is 2.24. The van der Waals surface area contributed by atoms with Gasteiger partial charge in [-0.15, -0.1) is 0 Å². The van der Waals surface area contributed by atoms with Crippen LogP contribution in [-0.2, 0) is 0 Å². The van der Waals surface area contributed by atoms with Crippen molar-refractivity contribution in [2.24, 2.45) is 0 Å². The number of fused-ring (bicyclic) bond motifs is 1. The Morgan fingerprint density at radius 3 is 3.00 bits per heavy atom. The van der Waals surface area contributed by atoms with Crippen LogP contribution in [0.25, 0.3) is 10.9 Å². The Morgan fingerprint density at radius 1 is 1.35 bits per heavy atom. The minimum Gasteiger partial charge on any atom is -0.354 e. The van der Waals surface area contributed by atoms with Crippen LogP contribution in [0.5, 0.6) is 0 Å². The molecule has 1 atom stereocenters. The summed E-state index contributed by atoms with van der Waals surface area (Å²) in [5.41, 5.74) is 0.791. The van der Waals surface area contributed by atoms with Crippen LogP contribution in [0.2, 0.25) is 10.3 Å². The molecule has 1 aromatic carbocycles. The van der Waals surface area contributed by atoms with Crippen molar-refractivity contribution in [3.05, 3.63) is 28.5 Å². The van der Waals surface area contributed by atoms with Crippen molar-refractivity contribution in [3.8, 4) is 0 Å². The van der Waals surface area contributed by atoms with Crippen LogP contribution in [-0.4, -0.2) is 35.6 Å². The first-order valence-electron chi connectivity index (χ1n) is 6.78. The fourth-order valence-corrected chi connectivity index (χ4v) is 3.04. The maximum atomic E-state index is 6.04. The van der Waals surface area contributed by atoms with Gasteiger partial charge >= 0.3 is 0 Å². The standard InChI is InChI=1S/C14H16Cl2N4/c1-2-17-10-5-6-20(8-10)13-11-4-3-9(15)7-12(11)18-14(16)19-13/h3-4,7,10,17H,2,5-6,8H2,1H3. The van der Waals surface area contributed by atoms with E-state index in [0.717, 1.165) is 42.8 Å². The van der Waals surface area contributed by atoms with Crippen molar-refractivity contribution < 1.29 is 0 Å². The van der Waals surface area contributed by atoms with Crippen LogP contribution in [0.1, 0.15) is 13.3 Å². The van der Waals surface area contributed by atoms with Gasteiger partial charge in [-0.25, -0.2) is 4.98 Å². The summed E-state index contributed by atoms with van der Waals surface area (Å²) >= 11 is 12.1. The zero-order valence-corrected chi connectivity index (χ0v) is 12.7. The average molecular weight is 311 g/mol. The Bertz CT molecular complexity index is 627. The Hall–Kier alpha value is -1.10. The summed E-state index contributed by atoms with van der Waals surface area (Å²) in [6, 6.07) is 6.16. The lowest BCUT2D eigenvalue weighted by Crippen LogP contribution is -2.32. The molecule has 20 heavy (non-hydrogen) atoms. The van der Waals surface area contributed by atoms with Crippen LogP contribution in [0, 0.1) is 0 Å². The molecule has 106 valence electrons. The van der Waals surface area contributed by atoms with E-state index in [9.17, 15) is 0 Å². The Labute approximate surface area is 128 Å². The highest BCUT2D eigenvalue weighted by molar-refractivity contribution is 6.31. The van der Waals surface area contributed by atoms with Crippen molar-refractivity contribution in [1.82, 2.24) is 15.3 Å². The van der Waals surface area contributed by atoms with Gasteiger partial charge in [0.2, 0.25) is 5.28 Å². The second-order valence-electron chi connectivity index (χ2n) is 4.97. The Morgan fingerprint density at radius 2 is 2.20 bits per heavy atom. The third-order valence-electron chi connectivity index (χ3n) is 3.59. The molecule has 0 saturated carbocycles. The lowest BCUT2D eigenvalue weighted by Gasteiger charge is -2.19. The normalized spacial score (nSPS) is 18.9. The summed E-state index contributed by atoms with van der Waals surface area (Å²) in [6.07, 6.45) is 1.12. The summed E-state index contributed by atoms with van der Waals surface area (Å²) in [5, 5.41) is 5.40. The van der Waals surface area contributed by atoms with Gasteiger partial charge in [-0.2, -0.15) is 4.98 Å². The molecule has 1 aliphatic heterocycles. The number of hydrogen-bond acceptors (Lipinski definition) is 4. The van der Waals surface area contributed by atoms with Gasteiger partial charge in [0.1, 0.15) is 5.82 Å². The van der Waals surface area contributed by atoms with E-state index in [1.807, 2.05) is 18.2 Å². The van der Waals surface area contributed by atoms with Crippen LogP contribution >= 0.6 is 23.2 Å². The SMILES string of the molecule is CCNC1CCN(c2nc(Cl)nc3cc(Cl)ccc23)C1. The molecule has 1 unspecified atom stereocenters. The van der Waals surface area contributed by atoms with E-state index < -0.39 is 0 Å². The Balaban J connectivity index is 1.99. The molecule has 1 aromatic heterocycles. The van der Waals surface area contributed by atoms with Gasteiger partial charge in [0.25, 0.3) is 0 Å². The number of likely N-dealkylation sites (N-methyl/N-ethyl adjacent to an activating group) is 1. The number of hydrogen-bond donors (Lipinski definition) is 1. The lowest BCUT2D eigenvalue weighted by atomic mass is 10.2. The smallest absolute Gasteiger partial charge is 0.224 e. The van der Waals surface area contributed by atoms with Gasteiger partial charge in [-0.1, -0.05) is 18.5 Å². The fourth-order valence-electron chi connectivity index (χ4n) is 2.71. The van der Waals surface area contributed by atoms with E-state index >= 15 is 0 Å². The number of anilines is 1. The third-order valence-corrected chi connectivity index (χ3v) is 4.00.